The van der Waals surface area contributed by atoms with Gasteiger partial charge in [0, 0.05) is 39.1 Å². The first-order valence-corrected chi connectivity index (χ1v) is 7.91. The maximum absolute atomic E-state index is 12.7. The van der Waals surface area contributed by atoms with Crippen LogP contribution in [0.15, 0.2) is 24.7 Å². The largest absolute Gasteiger partial charge is 0.351 e. The lowest BCUT2D eigenvalue weighted by atomic mass is 10.2. The van der Waals surface area contributed by atoms with Gasteiger partial charge in [-0.25, -0.2) is 15.0 Å². The average Bonchev–Trinajstić information content (AvgIpc) is 3.21. The molecule has 8 heteroatoms. The van der Waals surface area contributed by atoms with E-state index in [1.165, 1.54) is 6.92 Å². The fourth-order valence-corrected chi connectivity index (χ4v) is 2.87. The summed E-state index contributed by atoms with van der Waals surface area (Å²) in [4.78, 5) is 38.6. The van der Waals surface area contributed by atoms with Crippen LogP contribution in [0.2, 0.25) is 0 Å². The molecule has 3 heterocycles. The second kappa shape index (κ2) is 6.77. The molecule has 0 aromatic carbocycles. The third-order valence-corrected chi connectivity index (χ3v) is 4.07. The Morgan fingerprint density at radius 2 is 2.17 bits per heavy atom. The third-order valence-electron chi connectivity index (χ3n) is 4.07. The van der Waals surface area contributed by atoms with Crippen LogP contribution in [-0.2, 0) is 18.4 Å². The fourth-order valence-electron chi connectivity index (χ4n) is 2.87. The summed E-state index contributed by atoms with van der Waals surface area (Å²) in [5, 5.41) is 2.72. The first kappa shape index (κ1) is 16.1. The number of amides is 2. The molecule has 1 atom stereocenters. The van der Waals surface area contributed by atoms with Crippen LogP contribution in [0.25, 0.3) is 0 Å². The third kappa shape index (κ3) is 3.27. The van der Waals surface area contributed by atoms with Crippen molar-refractivity contribution < 1.29 is 9.59 Å². The van der Waals surface area contributed by atoms with Crippen LogP contribution in [0, 0.1) is 0 Å². The van der Waals surface area contributed by atoms with Gasteiger partial charge in [0.05, 0.1) is 18.3 Å². The minimum atomic E-state index is -0.161. The van der Waals surface area contributed by atoms with Crippen LogP contribution in [0.1, 0.15) is 47.9 Å². The number of hydrogen-bond donors (Lipinski definition) is 1. The number of aromatic nitrogens is 4. The van der Waals surface area contributed by atoms with Crippen LogP contribution in [0.3, 0.4) is 0 Å². The van der Waals surface area contributed by atoms with E-state index < -0.39 is 0 Å². The molecule has 126 valence electrons. The Morgan fingerprint density at radius 3 is 2.88 bits per heavy atom. The van der Waals surface area contributed by atoms with Crippen molar-refractivity contribution in [3.8, 4) is 0 Å². The number of rotatable bonds is 4. The van der Waals surface area contributed by atoms with Crippen LogP contribution >= 0.6 is 0 Å². The fraction of sp³-hybridized carbons (Fsp3) is 0.438. The molecule has 0 bridgehead atoms. The Morgan fingerprint density at radius 1 is 1.33 bits per heavy atom. The molecular formula is C16H20N6O2. The van der Waals surface area contributed by atoms with Crippen molar-refractivity contribution in [2.24, 2.45) is 7.05 Å². The highest BCUT2D eigenvalue weighted by Gasteiger charge is 2.34. The van der Waals surface area contributed by atoms with E-state index in [0.29, 0.717) is 24.7 Å². The van der Waals surface area contributed by atoms with Gasteiger partial charge in [-0.3, -0.25) is 9.59 Å². The number of likely N-dealkylation sites (tertiary alicyclic amines) is 1. The van der Waals surface area contributed by atoms with Crippen molar-refractivity contribution in [1.82, 2.24) is 29.7 Å². The highest BCUT2D eigenvalue weighted by atomic mass is 16.2. The van der Waals surface area contributed by atoms with E-state index >= 15 is 0 Å². The molecule has 24 heavy (non-hydrogen) atoms. The maximum Gasteiger partial charge on any atom is 0.290 e. The summed E-state index contributed by atoms with van der Waals surface area (Å²) >= 11 is 0. The standard InChI is InChI=1S/C16H20N6O2/c1-11(23)19-10-12-5-6-17-14(20-12)13-4-3-8-22(13)16(24)15-18-7-9-21(15)2/h5-7,9,13H,3-4,8,10H2,1-2H3,(H,19,23). The van der Waals surface area contributed by atoms with Crippen molar-refractivity contribution in [3.05, 3.63) is 42.0 Å². The Labute approximate surface area is 139 Å². The first-order valence-electron chi connectivity index (χ1n) is 7.91. The number of hydrogen-bond acceptors (Lipinski definition) is 5. The van der Waals surface area contributed by atoms with Crippen molar-refractivity contribution in [3.63, 3.8) is 0 Å². The Bertz CT molecular complexity index is 757. The van der Waals surface area contributed by atoms with E-state index in [1.54, 1.807) is 41.2 Å². The lowest BCUT2D eigenvalue weighted by Crippen LogP contribution is -2.33. The molecule has 0 spiro atoms. The zero-order valence-electron chi connectivity index (χ0n) is 13.8. The zero-order chi connectivity index (χ0) is 17.1. The molecule has 8 nitrogen and oxygen atoms in total. The molecule has 2 aromatic rings. The van der Waals surface area contributed by atoms with Crippen molar-refractivity contribution >= 4 is 11.8 Å². The number of nitrogens with one attached hydrogen (secondary N) is 1. The van der Waals surface area contributed by atoms with Gasteiger partial charge in [-0.05, 0) is 18.9 Å². The van der Waals surface area contributed by atoms with Gasteiger partial charge < -0.3 is 14.8 Å². The average molecular weight is 328 g/mol. The highest BCUT2D eigenvalue weighted by Crippen LogP contribution is 2.30. The topological polar surface area (TPSA) is 93.0 Å². The number of aryl methyl sites for hydroxylation is 1. The number of imidazole rings is 1. The summed E-state index contributed by atoms with van der Waals surface area (Å²) in [5.74, 6) is 0.803. The summed E-state index contributed by atoms with van der Waals surface area (Å²) in [6.45, 7) is 2.48. The van der Waals surface area contributed by atoms with Crippen molar-refractivity contribution in [1.29, 1.82) is 0 Å². The normalized spacial score (nSPS) is 17.1. The van der Waals surface area contributed by atoms with Crippen LogP contribution in [0.5, 0.6) is 0 Å². The van der Waals surface area contributed by atoms with E-state index in [1.807, 2.05) is 0 Å². The molecule has 2 amide bonds. The molecule has 1 fully saturated rings. The zero-order valence-corrected chi connectivity index (χ0v) is 13.8. The van der Waals surface area contributed by atoms with Gasteiger partial charge in [0.25, 0.3) is 5.91 Å². The number of carbonyl (C=O) groups excluding carboxylic acids is 2. The van der Waals surface area contributed by atoms with Gasteiger partial charge in [-0.1, -0.05) is 0 Å². The molecule has 2 aromatic heterocycles. The molecule has 1 saturated heterocycles. The second-order valence-corrected chi connectivity index (χ2v) is 5.83. The quantitative estimate of drug-likeness (QED) is 0.897. The molecule has 1 aliphatic heterocycles. The Kier molecular flexibility index (Phi) is 4.54. The van der Waals surface area contributed by atoms with E-state index in [4.69, 9.17) is 0 Å². The Hall–Kier alpha value is -2.77. The Balaban J connectivity index is 1.80. The van der Waals surface area contributed by atoms with Gasteiger partial charge in [0.1, 0.15) is 0 Å². The van der Waals surface area contributed by atoms with Crippen LogP contribution in [-0.4, -0.2) is 42.8 Å². The summed E-state index contributed by atoms with van der Waals surface area (Å²) in [6.07, 6.45) is 6.76. The molecule has 1 unspecified atom stereocenters. The monoisotopic (exact) mass is 328 g/mol. The molecule has 3 rings (SSSR count). The van der Waals surface area contributed by atoms with Crippen LogP contribution in [0.4, 0.5) is 0 Å². The summed E-state index contributed by atoms with van der Waals surface area (Å²) < 4.78 is 1.71. The number of carbonyl (C=O) groups is 2. The van der Waals surface area contributed by atoms with E-state index in [9.17, 15) is 9.59 Å². The summed E-state index contributed by atoms with van der Waals surface area (Å²) in [7, 11) is 1.80. The van der Waals surface area contributed by atoms with E-state index in [2.05, 4.69) is 20.3 Å². The maximum atomic E-state index is 12.7. The van der Waals surface area contributed by atoms with E-state index in [0.717, 1.165) is 18.5 Å². The van der Waals surface area contributed by atoms with E-state index in [-0.39, 0.29) is 17.9 Å². The molecule has 0 aliphatic carbocycles. The molecule has 0 radical (unpaired) electrons. The van der Waals surface area contributed by atoms with Gasteiger partial charge in [0.15, 0.2) is 11.6 Å². The van der Waals surface area contributed by atoms with Crippen LogP contribution < -0.4 is 5.32 Å². The minimum Gasteiger partial charge on any atom is -0.351 e. The highest BCUT2D eigenvalue weighted by molar-refractivity contribution is 5.91. The SMILES string of the molecule is CC(=O)NCc1ccnc(C2CCCN2C(=O)c2nccn2C)n1. The van der Waals surface area contributed by atoms with Gasteiger partial charge in [-0.2, -0.15) is 0 Å². The van der Waals surface area contributed by atoms with Gasteiger partial charge in [-0.15, -0.1) is 0 Å². The van der Waals surface area contributed by atoms with Crippen molar-refractivity contribution in [2.75, 3.05) is 6.54 Å². The second-order valence-electron chi connectivity index (χ2n) is 5.83. The summed E-state index contributed by atoms with van der Waals surface area (Å²) in [6, 6.07) is 1.60. The smallest absolute Gasteiger partial charge is 0.290 e. The lowest BCUT2D eigenvalue weighted by Gasteiger charge is -2.23. The predicted octanol–water partition coefficient (Wildman–Crippen LogP) is 0.823. The molecule has 1 N–H and O–H groups in total. The van der Waals surface area contributed by atoms with Gasteiger partial charge in [0.2, 0.25) is 5.91 Å². The van der Waals surface area contributed by atoms with Gasteiger partial charge >= 0.3 is 0 Å². The lowest BCUT2D eigenvalue weighted by molar-refractivity contribution is -0.119. The molecule has 1 aliphatic rings. The van der Waals surface area contributed by atoms with Crippen molar-refractivity contribution in [2.45, 2.75) is 32.4 Å². The molecular weight excluding hydrogens is 308 g/mol. The predicted molar refractivity (Wildman–Crippen MR) is 85.8 cm³/mol. The molecule has 0 saturated carbocycles. The summed E-state index contributed by atoms with van der Waals surface area (Å²) in [5.41, 5.74) is 0.728. The first-order chi connectivity index (χ1) is 11.6. The number of nitrogens with zero attached hydrogens (tertiary/aromatic N) is 5. The minimum absolute atomic E-state index is 0.109.